The van der Waals surface area contributed by atoms with Crippen molar-refractivity contribution in [3.63, 3.8) is 0 Å². The van der Waals surface area contributed by atoms with Gasteiger partial charge in [-0.25, -0.2) is 4.68 Å². The number of amides is 1. The lowest BCUT2D eigenvalue weighted by molar-refractivity contribution is 0.0937. The Balaban J connectivity index is 2.33. The van der Waals surface area contributed by atoms with Crippen LogP contribution in [0.5, 0.6) is 0 Å². The molecule has 0 aliphatic heterocycles. The summed E-state index contributed by atoms with van der Waals surface area (Å²) in [5, 5.41) is 7.41. The van der Waals surface area contributed by atoms with Crippen LogP contribution in [0.15, 0.2) is 65.5 Å². The highest BCUT2D eigenvalue weighted by atomic mass is 16.2. The van der Waals surface area contributed by atoms with Gasteiger partial charge < -0.3 is 5.32 Å². The second-order valence-electron chi connectivity index (χ2n) is 6.54. The van der Waals surface area contributed by atoms with Crippen molar-refractivity contribution in [1.82, 2.24) is 15.1 Å². The molecule has 1 heterocycles. The van der Waals surface area contributed by atoms with E-state index in [4.69, 9.17) is 0 Å². The van der Waals surface area contributed by atoms with Crippen molar-refractivity contribution >= 4 is 5.91 Å². The number of rotatable bonds is 5. The van der Waals surface area contributed by atoms with E-state index in [-0.39, 0.29) is 17.5 Å². The second-order valence-corrected chi connectivity index (χ2v) is 6.54. The number of aromatic nitrogens is 2. The molecule has 0 spiro atoms. The number of carbonyl (C=O) groups is 1. The van der Waals surface area contributed by atoms with Crippen LogP contribution in [-0.2, 0) is 7.05 Å². The maximum Gasteiger partial charge on any atom is 0.280 e. The molecule has 0 unspecified atom stereocenters. The summed E-state index contributed by atoms with van der Waals surface area (Å²) in [7, 11) is 1.57. The summed E-state index contributed by atoms with van der Waals surface area (Å²) in [6.07, 6.45) is 0.781. The van der Waals surface area contributed by atoms with Crippen LogP contribution in [-0.4, -0.2) is 21.7 Å². The molecule has 3 rings (SSSR count). The fourth-order valence-electron chi connectivity index (χ4n) is 2.93. The third kappa shape index (κ3) is 3.82. The molecule has 5 heteroatoms. The lowest BCUT2D eigenvalue weighted by atomic mass is 9.95. The molecular formula is C22H23N3O2. The van der Waals surface area contributed by atoms with E-state index in [9.17, 15) is 9.59 Å². The fourth-order valence-corrected chi connectivity index (χ4v) is 2.93. The monoisotopic (exact) mass is 361 g/mol. The zero-order valence-corrected chi connectivity index (χ0v) is 15.8. The van der Waals surface area contributed by atoms with Gasteiger partial charge in [0.05, 0.1) is 5.69 Å². The van der Waals surface area contributed by atoms with Crippen LogP contribution in [0.1, 0.15) is 30.6 Å². The van der Waals surface area contributed by atoms with Gasteiger partial charge in [-0.1, -0.05) is 67.6 Å². The first-order chi connectivity index (χ1) is 13.0. The highest BCUT2D eigenvalue weighted by Crippen LogP contribution is 2.31. The largest absolute Gasteiger partial charge is 0.349 e. The number of benzene rings is 2. The summed E-state index contributed by atoms with van der Waals surface area (Å²) in [5.41, 5.74) is 2.52. The molecule has 0 saturated heterocycles. The lowest BCUT2D eigenvalue weighted by Crippen LogP contribution is -2.38. The van der Waals surface area contributed by atoms with Crippen molar-refractivity contribution in [3.05, 3.63) is 76.6 Å². The molecule has 1 amide bonds. The molecular weight excluding hydrogens is 338 g/mol. The molecule has 5 nitrogen and oxygen atoms in total. The predicted molar refractivity (Wildman–Crippen MR) is 108 cm³/mol. The summed E-state index contributed by atoms with van der Waals surface area (Å²) in [4.78, 5) is 25.9. The van der Waals surface area contributed by atoms with Crippen molar-refractivity contribution in [2.75, 3.05) is 0 Å². The van der Waals surface area contributed by atoms with Gasteiger partial charge >= 0.3 is 0 Å². The smallest absolute Gasteiger partial charge is 0.280 e. The molecule has 1 N–H and O–H groups in total. The van der Waals surface area contributed by atoms with E-state index < -0.39 is 5.56 Å². The van der Waals surface area contributed by atoms with Crippen molar-refractivity contribution in [3.8, 4) is 22.4 Å². The minimum atomic E-state index is -0.408. The molecule has 27 heavy (non-hydrogen) atoms. The lowest BCUT2D eigenvalue weighted by Gasteiger charge is -2.17. The Labute approximate surface area is 158 Å². The van der Waals surface area contributed by atoms with Crippen LogP contribution < -0.4 is 10.9 Å². The van der Waals surface area contributed by atoms with E-state index >= 15 is 0 Å². The summed E-state index contributed by atoms with van der Waals surface area (Å²) in [5.74, 6) is -0.372. The van der Waals surface area contributed by atoms with E-state index in [0.29, 0.717) is 11.3 Å². The van der Waals surface area contributed by atoms with E-state index in [2.05, 4.69) is 10.4 Å². The van der Waals surface area contributed by atoms with E-state index in [0.717, 1.165) is 17.5 Å². The zero-order valence-electron chi connectivity index (χ0n) is 15.8. The Morgan fingerprint density at radius 3 is 2.15 bits per heavy atom. The average molecular weight is 361 g/mol. The van der Waals surface area contributed by atoms with Gasteiger partial charge in [0.1, 0.15) is 5.56 Å². The molecule has 138 valence electrons. The first-order valence-electron chi connectivity index (χ1n) is 9.06. The van der Waals surface area contributed by atoms with Gasteiger partial charge in [-0.05, 0) is 18.9 Å². The van der Waals surface area contributed by atoms with Gasteiger partial charge in [0, 0.05) is 24.2 Å². The zero-order chi connectivity index (χ0) is 19.4. The van der Waals surface area contributed by atoms with Crippen molar-refractivity contribution in [2.45, 2.75) is 26.3 Å². The molecule has 3 aromatic rings. The summed E-state index contributed by atoms with van der Waals surface area (Å²) in [6, 6.07) is 19.0. The number of hydrogen-bond donors (Lipinski definition) is 1. The topological polar surface area (TPSA) is 64.0 Å². The highest BCUT2D eigenvalue weighted by Gasteiger charge is 2.24. The first-order valence-corrected chi connectivity index (χ1v) is 9.06. The number of aryl methyl sites for hydroxylation is 1. The minimum absolute atomic E-state index is 0.0285. The van der Waals surface area contributed by atoms with Crippen LogP contribution >= 0.6 is 0 Å². The normalized spacial score (nSPS) is 11.8. The van der Waals surface area contributed by atoms with Crippen molar-refractivity contribution in [2.24, 2.45) is 7.05 Å². The molecule has 0 radical (unpaired) electrons. The molecule has 0 bridgehead atoms. The predicted octanol–water partition coefficient (Wildman–Crippen LogP) is 3.64. The Bertz CT molecular complexity index is 995. The van der Waals surface area contributed by atoms with Gasteiger partial charge in [-0.15, -0.1) is 0 Å². The number of nitrogens with zero attached hydrogens (tertiary/aromatic N) is 2. The molecule has 0 aliphatic rings. The standard InChI is InChI=1S/C22H23N3O2/c1-4-15(2)23-21(26)19-18(16-11-7-5-8-12-16)20(24-25(3)22(19)27)17-13-9-6-10-14-17/h5-15H,4H2,1-3H3,(H,23,26)/t15-/m1/s1. The van der Waals surface area contributed by atoms with Crippen LogP contribution in [0.3, 0.4) is 0 Å². The second kappa shape index (κ2) is 7.99. The van der Waals surface area contributed by atoms with Gasteiger partial charge in [0.2, 0.25) is 0 Å². The van der Waals surface area contributed by atoms with E-state index in [1.807, 2.05) is 74.5 Å². The molecule has 1 aromatic heterocycles. The first kappa shape index (κ1) is 18.6. The maximum absolute atomic E-state index is 13.0. The average Bonchev–Trinajstić information content (AvgIpc) is 2.70. The van der Waals surface area contributed by atoms with Crippen molar-refractivity contribution < 1.29 is 4.79 Å². The molecule has 2 aromatic carbocycles. The Hall–Kier alpha value is -3.21. The van der Waals surface area contributed by atoms with Gasteiger partial charge in [0.15, 0.2) is 0 Å². The van der Waals surface area contributed by atoms with E-state index in [1.54, 1.807) is 7.05 Å². The Morgan fingerprint density at radius 1 is 1.04 bits per heavy atom. The van der Waals surface area contributed by atoms with Gasteiger partial charge in [-0.3, -0.25) is 9.59 Å². The molecule has 0 aliphatic carbocycles. The van der Waals surface area contributed by atoms with Crippen LogP contribution in [0, 0.1) is 0 Å². The Kier molecular flexibility index (Phi) is 5.50. The quantitative estimate of drug-likeness (QED) is 0.754. The third-order valence-corrected chi connectivity index (χ3v) is 4.57. The highest BCUT2D eigenvalue weighted by molar-refractivity contribution is 6.03. The van der Waals surface area contributed by atoms with Crippen LogP contribution in [0.25, 0.3) is 22.4 Å². The number of hydrogen-bond acceptors (Lipinski definition) is 3. The number of nitrogens with one attached hydrogen (secondary N) is 1. The number of carbonyl (C=O) groups excluding carboxylic acids is 1. The van der Waals surface area contributed by atoms with Crippen LogP contribution in [0.4, 0.5) is 0 Å². The van der Waals surface area contributed by atoms with Crippen molar-refractivity contribution in [1.29, 1.82) is 0 Å². The molecule has 0 fully saturated rings. The minimum Gasteiger partial charge on any atom is -0.349 e. The SMILES string of the molecule is CC[C@@H](C)NC(=O)c1c(-c2ccccc2)c(-c2ccccc2)nn(C)c1=O. The summed E-state index contributed by atoms with van der Waals surface area (Å²) >= 11 is 0. The van der Waals surface area contributed by atoms with Gasteiger partial charge in [0.25, 0.3) is 11.5 Å². The van der Waals surface area contributed by atoms with Gasteiger partial charge in [-0.2, -0.15) is 5.10 Å². The third-order valence-electron chi connectivity index (χ3n) is 4.57. The summed E-state index contributed by atoms with van der Waals surface area (Å²) < 4.78 is 1.24. The van der Waals surface area contributed by atoms with E-state index in [1.165, 1.54) is 4.68 Å². The Morgan fingerprint density at radius 2 is 1.59 bits per heavy atom. The maximum atomic E-state index is 13.0. The fraction of sp³-hybridized carbons (Fsp3) is 0.227. The molecule has 1 atom stereocenters. The van der Waals surface area contributed by atoms with Crippen LogP contribution in [0.2, 0.25) is 0 Å². The molecule has 0 saturated carbocycles. The summed E-state index contributed by atoms with van der Waals surface area (Å²) in [6.45, 7) is 3.91.